The quantitative estimate of drug-likeness (QED) is 0.772. The van der Waals surface area contributed by atoms with Crippen LogP contribution in [0.3, 0.4) is 0 Å². The Balaban J connectivity index is 2.11. The van der Waals surface area contributed by atoms with Gasteiger partial charge in [-0.3, -0.25) is 10.00 Å². The number of nitrogens with zero attached hydrogens (tertiary/aromatic N) is 2. The van der Waals surface area contributed by atoms with Crippen molar-refractivity contribution in [2.24, 2.45) is 0 Å². The zero-order valence-corrected chi connectivity index (χ0v) is 10.6. The number of rotatable bonds is 5. The lowest BCUT2D eigenvalue weighted by atomic mass is 10.0. The Morgan fingerprint density at radius 3 is 2.88 bits per heavy atom. The Morgan fingerprint density at radius 1 is 1.71 bits per heavy atom. The van der Waals surface area contributed by atoms with Crippen LogP contribution in [0, 0.1) is 6.92 Å². The lowest BCUT2D eigenvalue weighted by Crippen LogP contribution is -2.54. The zero-order valence-electron chi connectivity index (χ0n) is 10.6. The molecule has 1 heterocycles. The monoisotopic (exact) mass is 237 g/mol. The van der Waals surface area contributed by atoms with E-state index in [1.54, 1.807) is 10.9 Å². The molecule has 1 N–H and O–H groups in total. The predicted octanol–water partition coefficient (Wildman–Crippen LogP) is 0.875. The van der Waals surface area contributed by atoms with Crippen LogP contribution in [0.2, 0.25) is 0 Å². The van der Waals surface area contributed by atoms with Crippen LogP contribution in [-0.2, 0) is 16.1 Å². The van der Waals surface area contributed by atoms with E-state index in [4.69, 9.17) is 4.74 Å². The molecule has 5 nitrogen and oxygen atoms in total. The van der Waals surface area contributed by atoms with E-state index in [2.05, 4.69) is 10.4 Å². The van der Waals surface area contributed by atoms with Crippen molar-refractivity contribution in [2.45, 2.75) is 44.8 Å². The van der Waals surface area contributed by atoms with Gasteiger partial charge in [0.1, 0.15) is 5.54 Å². The number of ether oxygens (including phenoxy) is 1. The average molecular weight is 237 g/mol. The molecular weight excluding hydrogens is 218 g/mol. The predicted molar refractivity (Wildman–Crippen MR) is 63.5 cm³/mol. The third-order valence-electron chi connectivity index (χ3n) is 2.98. The number of esters is 1. The first kappa shape index (κ1) is 12.1. The standard InChI is InChI=1S/C12H19N3O2/c1-9-6-13-15(7-9)8-12(2,11(16)17-3)14-10-4-5-10/h6-7,10,14H,4-5,8H2,1-3H3. The van der Waals surface area contributed by atoms with Gasteiger partial charge in [-0.25, -0.2) is 4.79 Å². The highest BCUT2D eigenvalue weighted by Crippen LogP contribution is 2.24. The molecule has 0 spiro atoms. The Kier molecular flexibility index (Phi) is 3.19. The van der Waals surface area contributed by atoms with Gasteiger partial charge in [-0.2, -0.15) is 5.10 Å². The van der Waals surface area contributed by atoms with Crippen molar-refractivity contribution in [3.63, 3.8) is 0 Å². The first-order chi connectivity index (χ1) is 8.03. The topological polar surface area (TPSA) is 56.2 Å². The van der Waals surface area contributed by atoms with Crippen LogP contribution >= 0.6 is 0 Å². The largest absolute Gasteiger partial charge is 0.468 e. The van der Waals surface area contributed by atoms with Crippen LogP contribution in [0.4, 0.5) is 0 Å². The summed E-state index contributed by atoms with van der Waals surface area (Å²) in [7, 11) is 1.42. The zero-order chi connectivity index (χ0) is 12.5. The fourth-order valence-corrected chi connectivity index (χ4v) is 1.95. The van der Waals surface area contributed by atoms with E-state index >= 15 is 0 Å². The number of carbonyl (C=O) groups is 1. The molecule has 1 aromatic heterocycles. The minimum absolute atomic E-state index is 0.238. The van der Waals surface area contributed by atoms with Crippen LogP contribution in [0.1, 0.15) is 25.3 Å². The van der Waals surface area contributed by atoms with E-state index in [1.165, 1.54) is 7.11 Å². The van der Waals surface area contributed by atoms with Crippen molar-refractivity contribution in [1.82, 2.24) is 15.1 Å². The van der Waals surface area contributed by atoms with Crippen molar-refractivity contribution in [3.8, 4) is 0 Å². The number of hydrogen-bond donors (Lipinski definition) is 1. The molecule has 94 valence electrons. The van der Waals surface area contributed by atoms with E-state index < -0.39 is 5.54 Å². The molecule has 2 rings (SSSR count). The first-order valence-electron chi connectivity index (χ1n) is 5.89. The summed E-state index contributed by atoms with van der Waals surface area (Å²) in [6.45, 7) is 4.34. The number of nitrogens with one attached hydrogen (secondary N) is 1. The molecule has 0 saturated heterocycles. The van der Waals surface area contributed by atoms with Gasteiger partial charge < -0.3 is 4.74 Å². The minimum Gasteiger partial charge on any atom is -0.468 e. The van der Waals surface area contributed by atoms with E-state index in [0.717, 1.165) is 18.4 Å². The highest BCUT2D eigenvalue weighted by molar-refractivity contribution is 5.80. The SMILES string of the molecule is COC(=O)C(C)(Cn1cc(C)cn1)NC1CC1. The van der Waals surface area contributed by atoms with E-state index in [0.29, 0.717) is 12.6 Å². The van der Waals surface area contributed by atoms with Crippen LogP contribution < -0.4 is 5.32 Å². The normalized spacial score (nSPS) is 18.8. The van der Waals surface area contributed by atoms with Crippen LogP contribution in [0.5, 0.6) is 0 Å². The van der Waals surface area contributed by atoms with Gasteiger partial charge >= 0.3 is 5.97 Å². The maximum atomic E-state index is 11.9. The maximum absolute atomic E-state index is 11.9. The molecule has 0 aliphatic heterocycles. The number of hydrogen-bond acceptors (Lipinski definition) is 4. The molecule has 1 atom stereocenters. The highest BCUT2D eigenvalue weighted by atomic mass is 16.5. The molecule has 1 fully saturated rings. The van der Waals surface area contributed by atoms with Crippen molar-refractivity contribution in [1.29, 1.82) is 0 Å². The fraction of sp³-hybridized carbons (Fsp3) is 0.667. The van der Waals surface area contributed by atoms with Crippen molar-refractivity contribution in [3.05, 3.63) is 18.0 Å². The number of aromatic nitrogens is 2. The third-order valence-corrected chi connectivity index (χ3v) is 2.98. The van der Waals surface area contributed by atoms with Crippen molar-refractivity contribution >= 4 is 5.97 Å². The average Bonchev–Trinajstić information content (AvgIpc) is 3.00. The number of aryl methyl sites for hydroxylation is 1. The Labute approximate surface area is 101 Å². The Morgan fingerprint density at radius 2 is 2.41 bits per heavy atom. The maximum Gasteiger partial charge on any atom is 0.327 e. The summed E-state index contributed by atoms with van der Waals surface area (Å²) in [5, 5.41) is 7.55. The molecule has 1 aliphatic carbocycles. The number of methoxy groups -OCH3 is 1. The first-order valence-corrected chi connectivity index (χ1v) is 5.89. The van der Waals surface area contributed by atoms with E-state index in [9.17, 15) is 4.79 Å². The molecule has 1 saturated carbocycles. The van der Waals surface area contributed by atoms with Crippen LogP contribution in [0.25, 0.3) is 0 Å². The second-order valence-electron chi connectivity index (χ2n) is 4.96. The van der Waals surface area contributed by atoms with E-state index in [1.807, 2.05) is 20.0 Å². The van der Waals surface area contributed by atoms with Gasteiger partial charge in [-0.1, -0.05) is 0 Å². The van der Waals surface area contributed by atoms with Gasteiger partial charge in [-0.15, -0.1) is 0 Å². The van der Waals surface area contributed by atoms with Crippen molar-refractivity contribution < 1.29 is 9.53 Å². The molecule has 1 aliphatic rings. The summed E-state index contributed by atoms with van der Waals surface area (Å²) in [6.07, 6.45) is 5.97. The van der Waals surface area contributed by atoms with E-state index in [-0.39, 0.29) is 5.97 Å². The molecule has 1 aromatic rings. The molecule has 17 heavy (non-hydrogen) atoms. The van der Waals surface area contributed by atoms with Crippen molar-refractivity contribution in [2.75, 3.05) is 7.11 Å². The van der Waals surface area contributed by atoms with Gasteiger partial charge in [0.2, 0.25) is 0 Å². The Hall–Kier alpha value is -1.36. The lowest BCUT2D eigenvalue weighted by Gasteiger charge is -2.28. The lowest BCUT2D eigenvalue weighted by molar-refractivity contribution is -0.148. The minimum atomic E-state index is -0.700. The second kappa shape index (κ2) is 4.49. The summed E-state index contributed by atoms with van der Waals surface area (Å²) < 4.78 is 6.66. The molecule has 5 heteroatoms. The second-order valence-corrected chi connectivity index (χ2v) is 4.96. The summed E-state index contributed by atoms with van der Waals surface area (Å²) in [4.78, 5) is 11.9. The summed E-state index contributed by atoms with van der Waals surface area (Å²) in [6, 6.07) is 0.441. The van der Waals surface area contributed by atoms with Gasteiger partial charge in [0, 0.05) is 12.2 Å². The molecule has 0 radical (unpaired) electrons. The number of carbonyl (C=O) groups excluding carboxylic acids is 1. The molecule has 0 aromatic carbocycles. The highest BCUT2D eigenvalue weighted by Gasteiger charge is 2.40. The molecule has 1 unspecified atom stereocenters. The molecular formula is C12H19N3O2. The summed E-state index contributed by atoms with van der Waals surface area (Å²) >= 11 is 0. The van der Waals surface area contributed by atoms with Gasteiger partial charge in [-0.05, 0) is 32.3 Å². The Bertz CT molecular complexity index is 412. The third kappa shape index (κ3) is 2.85. The van der Waals surface area contributed by atoms with Crippen LogP contribution in [-0.4, -0.2) is 34.4 Å². The molecule has 0 amide bonds. The van der Waals surface area contributed by atoms with Gasteiger partial charge in [0.15, 0.2) is 0 Å². The summed E-state index contributed by atoms with van der Waals surface area (Å²) in [5.41, 5.74) is 0.387. The smallest absolute Gasteiger partial charge is 0.327 e. The molecule has 0 bridgehead atoms. The van der Waals surface area contributed by atoms with Gasteiger partial charge in [0.05, 0.1) is 19.9 Å². The fourth-order valence-electron chi connectivity index (χ4n) is 1.95. The van der Waals surface area contributed by atoms with Gasteiger partial charge in [0.25, 0.3) is 0 Å². The summed E-state index contributed by atoms with van der Waals surface area (Å²) in [5.74, 6) is -0.238. The van der Waals surface area contributed by atoms with Crippen LogP contribution in [0.15, 0.2) is 12.4 Å².